The molecule has 0 aliphatic heterocycles. The molecule has 0 spiro atoms. The number of phenolic OH excluding ortho intramolecular Hbond substituents is 4. The van der Waals surface area contributed by atoms with Crippen molar-refractivity contribution >= 4 is 0 Å². The first kappa shape index (κ1) is 42.7. The number of aryl methyl sites for hydroxylation is 2. The molecule has 0 radical (unpaired) electrons. The number of benzene rings is 6. The molecule has 4 nitrogen and oxygen atoms in total. The first-order valence-corrected chi connectivity index (χ1v) is 20.1. The molecule has 0 fully saturated rings. The molecule has 0 aliphatic carbocycles. The molecular formula is C53H62O4. The Balaban J connectivity index is 0.000000219. The maximum absolute atomic E-state index is 10.5. The van der Waals surface area contributed by atoms with Gasteiger partial charge in [-0.1, -0.05) is 126 Å². The molecule has 298 valence electrons. The Labute approximate surface area is 341 Å². The summed E-state index contributed by atoms with van der Waals surface area (Å²) < 4.78 is 0. The minimum Gasteiger partial charge on any atom is -0.508 e. The lowest BCUT2D eigenvalue weighted by Crippen LogP contribution is -2.15. The number of phenols is 4. The van der Waals surface area contributed by atoms with Gasteiger partial charge in [-0.05, 0) is 161 Å². The molecule has 57 heavy (non-hydrogen) atoms. The van der Waals surface area contributed by atoms with Gasteiger partial charge in [0.05, 0.1) is 0 Å². The fourth-order valence-electron chi connectivity index (χ4n) is 8.19. The summed E-state index contributed by atoms with van der Waals surface area (Å²) >= 11 is 0. The van der Waals surface area contributed by atoms with Crippen molar-refractivity contribution in [1.29, 1.82) is 0 Å². The SMILES string of the molecule is CC(C)(C)c1cc(C(Cc2ccccc2)c2ccc(O)c(C(C)(C)C)c2)ccc1O.Cc1cc(O)c(C)c(C)c1C(c1ccccc1)c1c(C)cc(O)c(C)c1C. The summed E-state index contributed by atoms with van der Waals surface area (Å²) in [5.41, 5.74) is 15.1. The van der Waals surface area contributed by atoms with Crippen LogP contribution in [0.3, 0.4) is 0 Å². The van der Waals surface area contributed by atoms with Gasteiger partial charge in [0.2, 0.25) is 0 Å². The number of aromatic hydroxyl groups is 4. The molecule has 0 atom stereocenters. The highest BCUT2D eigenvalue weighted by Crippen LogP contribution is 2.44. The Bertz CT molecular complexity index is 2210. The second-order valence-corrected chi connectivity index (χ2v) is 17.9. The van der Waals surface area contributed by atoms with Gasteiger partial charge in [0.1, 0.15) is 23.0 Å². The molecule has 0 aromatic heterocycles. The van der Waals surface area contributed by atoms with Crippen LogP contribution in [-0.2, 0) is 17.3 Å². The highest BCUT2D eigenvalue weighted by Gasteiger charge is 2.28. The van der Waals surface area contributed by atoms with Crippen molar-refractivity contribution < 1.29 is 20.4 Å². The van der Waals surface area contributed by atoms with E-state index in [1.807, 2.05) is 62.4 Å². The van der Waals surface area contributed by atoms with Crippen LogP contribution < -0.4 is 0 Å². The fraction of sp³-hybridized carbons (Fsp3) is 0.321. The summed E-state index contributed by atoms with van der Waals surface area (Å²) in [6, 6.07) is 36.7. The molecule has 4 N–H and O–H groups in total. The van der Waals surface area contributed by atoms with Gasteiger partial charge in [-0.3, -0.25) is 0 Å². The standard InChI is InChI=1S/C28H34O2.C25H28O2/c1-27(2,3)23-17-20(12-14-25(23)29)22(16-19-10-8-7-9-11-19)21-13-15-26(30)24(18-21)28(4,5)6;1-14-12-21(26)16(3)18(5)23(14)25(20-10-8-7-9-11-20)24-15(2)13-22(27)17(4)19(24)6/h7-15,17-18,22,29-30H,16H2,1-6H3;7-13,25-27H,1-6H3. The van der Waals surface area contributed by atoms with E-state index in [0.29, 0.717) is 23.0 Å². The van der Waals surface area contributed by atoms with Crippen LogP contribution in [0, 0.1) is 41.5 Å². The molecule has 4 heteroatoms. The average Bonchev–Trinajstić information content (AvgIpc) is 3.15. The van der Waals surface area contributed by atoms with E-state index in [2.05, 4.69) is 130 Å². The van der Waals surface area contributed by atoms with E-state index in [4.69, 9.17) is 0 Å². The van der Waals surface area contributed by atoms with E-state index in [9.17, 15) is 20.4 Å². The molecule has 0 aliphatic rings. The van der Waals surface area contributed by atoms with E-state index in [0.717, 1.165) is 50.9 Å². The van der Waals surface area contributed by atoms with Gasteiger partial charge in [0, 0.05) is 11.8 Å². The second-order valence-electron chi connectivity index (χ2n) is 17.9. The summed E-state index contributed by atoms with van der Waals surface area (Å²) in [6.07, 6.45) is 0.851. The van der Waals surface area contributed by atoms with E-state index in [-0.39, 0.29) is 22.7 Å². The van der Waals surface area contributed by atoms with Gasteiger partial charge >= 0.3 is 0 Å². The first-order chi connectivity index (χ1) is 26.7. The molecule has 0 heterocycles. The maximum atomic E-state index is 10.5. The predicted octanol–water partition coefficient (Wildman–Crippen LogP) is 13.2. The number of rotatable bonds is 7. The molecule has 0 amide bonds. The smallest absolute Gasteiger partial charge is 0.119 e. The van der Waals surface area contributed by atoms with Crippen LogP contribution in [-0.4, -0.2) is 20.4 Å². The largest absolute Gasteiger partial charge is 0.508 e. The van der Waals surface area contributed by atoms with Crippen LogP contribution in [0.15, 0.2) is 109 Å². The minimum atomic E-state index is -0.150. The summed E-state index contributed by atoms with van der Waals surface area (Å²) in [4.78, 5) is 0. The Hall–Kier alpha value is -5.48. The van der Waals surface area contributed by atoms with Crippen molar-refractivity contribution in [2.24, 2.45) is 0 Å². The van der Waals surface area contributed by atoms with E-state index < -0.39 is 0 Å². The lowest BCUT2D eigenvalue weighted by atomic mass is 9.76. The monoisotopic (exact) mass is 762 g/mol. The zero-order valence-corrected chi connectivity index (χ0v) is 36.0. The van der Waals surface area contributed by atoms with Crippen molar-refractivity contribution in [3.05, 3.63) is 187 Å². The molecule has 0 saturated carbocycles. The summed E-state index contributed by atoms with van der Waals surface area (Å²) in [6.45, 7) is 25.0. The Kier molecular flexibility index (Phi) is 12.7. The van der Waals surface area contributed by atoms with Crippen LogP contribution >= 0.6 is 0 Å². The van der Waals surface area contributed by atoms with Crippen LogP contribution in [0.5, 0.6) is 23.0 Å². The third-order valence-corrected chi connectivity index (χ3v) is 11.7. The number of hydrogen-bond acceptors (Lipinski definition) is 4. The van der Waals surface area contributed by atoms with Gasteiger partial charge in [0.25, 0.3) is 0 Å². The Morgan fingerprint density at radius 2 is 0.807 bits per heavy atom. The number of hydrogen-bond donors (Lipinski definition) is 4. The maximum Gasteiger partial charge on any atom is 0.119 e. The first-order valence-electron chi connectivity index (χ1n) is 20.1. The highest BCUT2D eigenvalue weighted by atomic mass is 16.3. The van der Waals surface area contributed by atoms with Crippen molar-refractivity contribution in [3.8, 4) is 23.0 Å². The van der Waals surface area contributed by atoms with Gasteiger partial charge in [-0.2, -0.15) is 0 Å². The molecule has 0 bridgehead atoms. The van der Waals surface area contributed by atoms with Crippen molar-refractivity contribution in [2.75, 3.05) is 0 Å². The van der Waals surface area contributed by atoms with Gasteiger partial charge in [0.15, 0.2) is 0 Å². The fourth-order valence-corrected chi connectivity index (χ4v) is 8.19. The average molecular weight is 763 g/mol. The molecule has 6 aromatic rings. The lowest BCUT2D eigenvalue weighted by Gasteiger charge is -2.28. The Morgan fingerprint density at radius 1 is 0.421 bits per heavy atom. The summed E-state index contributed by atoms with van der Waals surface area (Å²) in [5, 5.41) is 41.5. The van der Waals surface area contributed by atoms with Crippen molar-refractivity contribution in [2.45, 2.75) is 112 Å². The second kappa shape index (κ2) is 16.9. The third-order valence-electron chi connectivity index (χ3n) is 11.7. The van der Waals surface area contributed by atoms with Crippen LogP contribution in [0.1, 0.15) is 131 Å². The third kappa shape index (κ3) is 9.39. The van der Waals surface area contributed by atoms with E-state index in [1.165, 1.54) is 33.4 Å². The zero-order valence-electron chi connectivity index (χ0n) is 36.0. The molecule has 0 unspecified atom stereocenters. The molecular weight excluding hydrogens is 701 g/mol. The predicted molar refractivity (Wildman–Crippen MR) is 238 cm³/mol. The summed E-state index contributed by atoms with van der Waals surface area (Å²) in [5.74, 6) is 1.53. The van der Waals surface area contributed by atoms with E-state index in [1.54, 1.807) is 0 Å². The Morgan fingerprint density at radius 3 is 1.19 bits per heavy atom. The normalized spacial score (nSPS) is 11.8. The summed E-state index contributed by atoms with van der Waals surface area (Å²) in [7, 11) is 0. The molecule has 6 rings (SSSR count). The van der Waals surface area contributed by atoms with Crippen LogP contribution in [0.25, 0.3) is 0 Å². The van der Waals surface area contributed by atoms with Crippen LogP contribution in [0.4, 0.5) is 0 Å². The highest BCUT2D eigenvalue weighted by molar-refractivity contribution is 5.60. The van der Waals surface area contributed by atoms with Crippen LogP contribution in [0.2, 0.25) is 0 Å². The van der Waals surface area contributed by atoms with Gasteiger partial charge < -0.3 is 20.4 Å². The van der Waals surface area contributed by atoms with E-state index >= 15 is 0 Å². The zero-order chi connectivity index (χ0) is 42.0. The molecule has 6 aromatic carbocycles. The van der Waals surface area contributed by atoms with Crippen molar-refractivity contribution in [1.82, 2.24) is 0 Å². The topological polar surface area (TPSA) is 80.9 Å². The minimum absolute atomic E-state index is 0.0461. The van der Waals surface area contributed by atoms with Gasteiger partial charge in [-0.15, -0.1) is 0 Å². The van der Waals surface area contributed by atoms with Crippen molar-refractivity contribution in [3.63, 3.8) is 0 Å². The lowest BCUT2D eigenvalue weighted by molar-refractivity contribution is 0.446. The quantitative estimate of drug-likeness (QED) is 0.122. The van der Waals surface area contributed by atoms with Gasteiger partial charge in [-0.25, -0.2) is 0 Å². The molecule has 0 saturated heterocycles.